The summed E-state index contributed by atoms with van der Waals surface area (Å²) in [6, 6.07) is 18.3. The maximum Gasteiger partial charge on any atom is 0.241 e. The maximum atomic E-state index is 13.9. The van der Waals surface area contributed by atoms with Crippen LogP contribution in [0.1, 0.15) is 32.4 Å². The molecular weight excluding hydrogens is 461 g/mol. The Morgan fingerprint density at radius 2 is 1.44 bits per heavy atom. The molecule has 2 fully saturated rings. The van der Waals surface area contributed by atoms with Gasteiger partial charge in [-0.3, -0.25) is 19.2 Å². The fourth-order valence-electron chi connectivity index (χ4n) is 5.34. The van der Waals surface area contributed by atoms with Crippen LogP contribution in [0.15, 0.2) is 72.8 Å². The number of nitrogens with zero attached hydrogens (tertiary/aromatic N) is 1. The summed E-state index contributed by atoms with van der Waals surface area (Å²) in [6.07, 6.45) is -1.16. The molecule has 2 heterocycles. The Kier molecular flexibility index (Phi) is 4.40. The first-order valence-corrected chi connectivity index (χ1v) is 11.0. The van der Waals surface area contributed by atoms with Gasteiger partial charge in [-0.15, -0.1) is 0 Å². The Labute approximate surface area is 197 Å². The molecule has 6 rings (SSSR count). The number of carbonyl (C=O) groups is 4. The minimum atomic E-state index is -2.18. The third-order valence-corrected chi connectivity index (χ3v) is 7.10. The summed E-state index contributed by atoms with van der Waals surface area (Å²) in [5.41, 5.74) is -1.28. The molecule has 3 unspecified atom stereocenters. The third-order valence-electron chi connectivity index (χ3n) is 6.81. The van der Waals surface area contributed by atoms with E-state index in [1.54, 1.807) is 42.5 Å². The number of ketones is 2. The van der Waals surface area contributed by atoms with Gasteiger partial charge in [0.25, 0.3) is 0 Å². The number of imide groups is 1. The van der Waals surface area contributed by atoms with Crippen LogP contribution in [0.5, 0.6) is 0 Å². The van der Waals surface area contributed by atoms with Crippen LogP contribution >= 0.6 is 11.6 Å². The minimum absolute atomic E-state index is 0.141. The third kappa shape index (κ3) is 2.53. The number of rotatable bonds is 2. The molecule has 168 valence electrons. The van der Waals surface area contributed by atoms with Crippen LogP contribution in [0.2, 0.25) is 5.02 Å². The van der Waals surface area contributed by atoms with E-state index in [-0.39, 0.29) is 16.1 Å². The van der Waals surface area contributed by atoms with Crippen molar-refractivity contribution in [3.05, 3.63) is 100 Å². The molecule has 0 bridgehead atoms. The summed E-state index contributed by atoms with van der Waals surface area (Å²) < 4.78 is 20.0. The summed E-state index contributed by atoms with van der Waals surface area (Å²) in [4.78, 5) is 55.7. The van der Waals surface area contributed by atoms with Gasteiger partial charge in [-0.25, -0.2) is 9.29 Å². The lowest BCUT2D eigenvalue weighted by Crippen LogP contribution is -2.51. The molecule has 3 aromatic carbocycles. The van der Waals surface area contributed by atoms with Gasteiger partial charge in [-0.1, -0.05) is 60.1 Å². The molecule has 2 aliphatic heterocycles. The van der Waals surface area contributed by atoms with Crippen LogP contribution in [-0.2, 0) is 14.3 Å². The average Bonchev–Trinajstić information content (AvgIpc) is 3.41. The molecule has 3 atom stereocenters. The topological polar surface area (TPSA) is 80.8 Å². The van der Waals surface area contributed by atoms with Crippen molar-refractivity contribution in [3.8, 4) is 0 Å². The van der Waals surface area contributed by atoms with E-state index in [0.29, 0.717) is 11.3 Å². The molecule has 0 radical (unpaired) electrons. The van der Waals surface area contributed by atoms with E-state index >= 15 is 0 Å². The molecule has 34 heavy (non-hydrogen) atoms. The van der Waals surface area contributed by atoms with Gasteiger partial charge in [0.1, 0.15) is 5.82 Å². The first-order chi connectivity index (χ1) is 16.4. The number of benzene rings is 3. The normalized spacial score (nSPS) is 24.8. The highest BCUT2D eigenvalue weighted by molar-refractivity contribution is 6.37. The second-order valence-corrected chi connectivity index (χ2v) is 8.91. The van der Waals surface area contributed by atoms with Gasteiger partial charge in [0.15, 0.2) is 0 Å². The molecule has 6 nitrogen and oxygen atoms in total. The number of hydrogen-bond acceptors (Lipinski definition) is 5. The van der Waals surface area contributed by atoms with Gasteiger partial charge in [0.05, 0.1) is 28.6 Å². The second kappa shape index (κ2) is 7.16. The highest BCUT2D eigenvalue weighted by Gasteiger charge is 2.74. The number of Topliss-reactive ketones (excluding diaryl/α,β-unsaturated/α-hetero) is 2. The van der Waals surface area contributed by atoms with Crippen molar-refractivity contribution in [1.29, 1.82) is 0 Å². The molecule has 1 aliphatic carbocycles. The number of carbonyl (C=O) groups excluding carboxylic acids is 4. The molecule has 1 spiro atoms. The van der Waals surface area contributed by atoms with Gasteiger partial charge in [-0.05, 0) is 29.8 Å². The van der Waals surface area contributed by atoms with Crippen molar-refractivity contribution in [3.63, 3.8) is 0 Å². The van der Waals surface area contributed by atoms with Crippen LogP contribution < -0.4 is 4.90 Å². The maximum absolute atomic E-state index is 13.9. The SMILES string of the molecule is O=C1C2C(c3ccc(F)c(Cl)c3)OC3(C(=O)c4ccccc4C3=O)C2C(=O)N1c1ccccc1. The molecule has 0 aromatic heterocycles. The predicted octanol–water partition coefficient (Wildman–Crippen LogP) is 4.17. The zero-order valence-electron chi connectivity index (χ0n) is 17.4. The molecule has 3 aliphatic rings. The number of amides is 2. The van der Waals surface area contributed by atoms with Crippen molar-refractivity contribution in [2.24, 2.45) is 11.8 Å². The van der Waals surface area contributed by atoms with Crippen LogP contribution in [0.25, 0.3) is 0 Å². The van der Waals surface area contributed by atoms with E-state index in [2.05, 4.69) is 0 Å². The van der Waals surface area contributed by atoms with Crippen LogP contribution in [0, 0.1) is 17.7 Å². The number of fused-ring (bicyclic) bond motifs is 3. The highest BCUT2D eigenvalue weighted by Crippen LogP contribution is 2.57. The molecule has 2 amide bonds. The Hall–Kier alpha value is -3.68. The van der Waals surface area contributed by atoms with Crippen molar-refractivity contribution in [1.82, 2.24) is 0 Å². The van der Waals surface area contributed by atoms with E-state index in [4.69, 9.17) is 16.3 Å². The van der Waals surface area contributed by atoms with Gasteiger partial charge < -0.3 is 4.74 Å². The Morgan fingerprint density at radius 3 is 2.06 bits per heavy atom. The highest BCUT2D eigenvalue weighted by atomic mass is 35.5. The largest absolute Gasteiger partial charge is 0.349 e. The summed E-state index contributed by atoms with van der Waals surface area (Å²) in [5, 5.41) is -0.206. The lowest BCUT2D eigenvalue weighted by Gasteiger charge is -2.27. The lowest BCUT2D eigenvalue weighted by molar-refractivity contribution is -0.127. The van der Waals surface area contributed by atoms with Crippen LogP contribution in [-0.4, -0.2) is 29.0 Å². The van der Waals surface area contributed by atoms with Gasteiger partial charge >= 0.3 is 0 Å². The van der Waals surface area contributed by atoms with Crippen molar-refractivity contribution in [2.75, 3.05) is 4.90 Å². The van der Waals surface area contributed by atoms with Crippen molar-refractivity contribution >= 4 is 40.7 Å². The van der Waals surface area contributed by atoms with Crippen molar-refractivity contribution in [2.45, 2.75) is 11.7 Å². The van der Waals surface area contributed by atoms with E-state index in [9.17, 15) is 23.6 Å². The molecule has 0 saturated carbocycles. The van der Waals surface area contributed by atoms with E-state index < -0.39 is 52.7 Å². The number of para-hydroxylation sites is 1. The average molecular weight is 476 g/mol. The van der Waals surface area contributed by atoms with Gasteiger partial charge in [-0.2, -0.15) is 0 Å². The van der Waals surface area contributed by atoms with E-state index in [1.807, 2.05) is 0 Å². The van der Waals surface area contributed by atoms with E-state index in [0.717, 1.165) is 11.0 Å². The number of hydrogen-bond donors (Lipinski definition) is 0. The van der Waals surface area contributed by atoms with Gasteiger partial charge in [0.2, 0.25) is 29.0 Å². The van der Waals surface area contributed by atoms with Crippen molar-refractivity contribution < 1.29 is 28.3 Å². The Morgan fingerprint density at radius 1 is 0.824 bits per heavy atom. The number of halogens is 2. The first kappa shape index (κ1) is 20.9. The molecule has 8 heteroatoms. The fraction of sp³-hybridized carbons (Fsp3) is 0.154. The number of anilines is 1. The summed E-state index contributed by atoms with van der Waals surface area (Å²) in [5.74, 6) is -5.82. The number of ether oxygens (including phenoxy) is 1. The first-order valence-electron chi connectivity index (χ1n) is 10.6. The quantitative estimate of drug-likeness (QED) is 0.410. The summed E-state index contributed by atoms with van der Waals surface area (Å²) >= 11 is 5.98. The fourth-order valence-corrected chi connectivity index (χ4v) is 5.53. The minimum Gasteiger partial charge on any atom is -0.349 e. The summed E-state index contributed by atoms with van der Waals surface area (Å²) in [7, 11) is 0. The smallest absolute Gasteiger partial charge is 0.241 e. The molecule has 0 N–H and O–H groups in total. The zero-order chi connectivity index (χ0) is 23.8. The zero-order valence-corrected chi connectivity index (χ0v) is 18.2. The molecular formula is C26H15ClFNO5. The summed E-state index contributed by atoms with van der Waals surface area (Å²) in [6.45, 7) is 0. The van der Waals surface area contributed by atoms with Crippen LogP contribution in [0.4, 0.5) is 10.1 Å². The van der Waals surface area contributed by atoms with Crippen LogP contribution in [0.3, 0.4) is 0 Å². The predicted molar refractivity (Wildman–Crippen MR) is 119 cm³/mol. The molecule has 2 saturated heterocycles. The van der Waals surface area contributed by atoms with Gasteiger partial charge in [0, 0.05) is 11.1 Å². The lowest BCUT2D eigenvalue weighted by atomic mass is 9.77. The second-order valence-electron chi connectivity index (χ2n) is 8.50. The molecule has 3 aromatic rings. The standard InChI is InChI=1S/C26H15ClFNO5/c27-17-12-13(10-11-18(17)28)21-19-20(25(33)29(24(19)32)14-6-2-1-3-7-14)26(34-21)22(30)15-8-4-5-9-16(15)23(26)31/h1-12,19-21H. The van der Waals surface area contributed by atoms with E-state index in [1.165, 1.54) is 24.3 Å². The monoisotopic (exact) mass is 475 g/mol. The Balaban J connectivity index is 1.56. The Bertz CT molecular complexity index is 1390.